The molecular formula is C29H28F4O3. The molecule has 1 N–H and O–H groups in total. The monoisotopic (exact) mass is 500 g/mol. The van der Waals surface area contributed by atoms with Gasteiger partial charge >= 0.3 is 0 Å². The summed E-state index contributed by atoms with van der Waals surface area (Å²) in [7, 11) is 0. The lowest BCUT2D eigenvalue weighted by Gasteiger charge is -2.32. The van der Waals surface area contributed by atoms with Crippen molar-refractivity contribution in [2.24, 2.45) is 0 Å². The van der Waals surface area contributed by atoms with Crippen LogP contribution in [0.3, 0.4) is 0 Å². The maximum atomic E-state index is 15.1. The molecular weight excluding hydrogens is 472 g/mol. The van der Waals surface area contributed by atoms with Crippen molar-refractivity contribution >= 4 is 0 Å². The molecule has 1 saturated heterocycles. The Hall–Kier alpha value is -3.16. The van der Waals surface area contributed by atoms with Crippen molar-refractivity contribution in [3.8, 4) is 28.0 Å². The van der Waals surface area contributed by atoms with E-state index in [1.54, 1.807) is 19.1 Å². The van der Waals surface area contributed by atoms with Crippen LogP contribution in [0.5, 0.6) is 5.75 Å². The molecule has 1 heterocycles. The Bertz CT molecular complexity index is 1230. The fourth-order valence-corrected chi connectivity index (χ4v) is 4.50. The van der Waals surface area contributed by atoms with Crippen LogP contribution in [0.4, 0.5) is 17.6 Å². The molecule has 0 spiro atoms. The summed E-state index contributed by atoms with van der Waals surface area (Å²) >= 11 is 0. The van der Waals surface area contributed by atoms with Crippen LogP contribution >= 0.6 is 0 Å². The first kappa shape index (κ1) is 25.9. The topological polar surface area (TPSA) is 38.7 Å². The van der Waals surface area contributed by atoms with Crippen molar-refractivity contribution in [2.45, 2.75) is 51.2 Å². The Morgan fingerprint density at radius 2 is 1.50 bits per heavy atom. The van der Waals surface area contributed by atoms with E-state index in [1.165, 1.54) is 48.7 Å². The van der Waals surface area contributed by atoms with Crippen molar-refractivity contribution in [2.75, 3.05) is 6.61 Å². The zero-order chi connectivity index (χ0) is 25.8. The third-order valence-electron chi connectivity index (χ3n) is 6.60. The van der Waals surface area contributed by atoms with E-state index in [0.29, 0.717) is 30.4 Å². The Morgan fingerprint density at radius 3 is 2.06 bits per heavy atom. The number of aliphatic hydroxyl groups excluding tert-OH is 1. The first-order valence-electron chi connectivity index (χ1n) is 12.0. The molecule has 3 aromatic rings. The van der Waals surface area contributed by atoms with Gasteiger partial charge in [0.1, 0.15) is 0 Å². The van der Waals surface area contributed by atoms with Gasteiger partial charge < -0.3 is 14.6 Å². The van der Waals surface area contributed by atoms with E-state index in [-0.39, 0.29) is 41.1 Å². The number of rotatable bonds is 7. The van der Waals surface area contributed by atoms with Gasteiger partial charge in [-0.3, -0.25) is 0 Å². The van der Waals surface area contributed by atoms with E-state index in [4.69, 9.17) is 9.47 Å². The van der Waals surface area contributed by atoms with Gasteiger partial charge in [-0.1, -0.05) is 49.4 Å². The predicted octanol–water partition coefficient (Wildman–Crippen LogP) is 7.52. The molecule has 0 bridgehead atoms. The number of ether oxygens (including phenoxy) is 2. The average Bonchev–Trinajstić information content (AvgIpc) is 2.91. The van der Waals surface area contributed by atoms with Crippen molar-refractivity contribution in [1.82, 2.24) is 0 Å². The molecule has 1 aliphatic heterocycles. The number of hydrogen-bond donors (Lipinski definition) is 1. The lowest BCUT2D eigenvalue weighted by Crippen LogP contribution is -2.34. The van der Waals surface area contributed by atoms with Crippen LogP contribution in [-0.2, 0) is 4.74 Å². The largest absolute Gasteiger partial charge is 0.462 e. The molecule has 0 radical (unpaired) electrons. The number of aliphatic hydroxyl groups is 1. The second kappa shape index (κ2) is 11.3. The third-order valence-corrected chi connectivity index (χ3v) is 6.60. The highest BCUT2D eigenvalue weighted by Crippen LogP contribution is 2.36. The number of allylic oxidation sites excluding steroid dienone is 1. The summed E-state index contributed by atoms with van der Waals surface area (Å²) in [4.78, 5) is 0. The van der Waals surface area contributed by atoms with E-state index >= 15 is 8.78 Å². The highest BCUT2D eigenvalue weighted by atomic mass is 19.2. The minimum Gasteiger partial charge on any atom is -0.462 e. The van der Waals surface area contributed by atoms with E-state index in [2.05, 4.69) is 0 Å². The van der Waals surface area contributed by atoms with Crippen LogP contribution in [0, 0.1) is 23.3 Å². The summed E-state index contributed by atoms with van der Waals surface area (Å²) in [5.74, 6) is -4.60. The van der Waals surface area contributed by atoms with Crippen molar-refractivity contribution in [3.05, 3.63) is 89.7 Å². The molecule has 1 aliphatic rings. The van der Waals surface area contributed by atoms with E-state index in [1.807, 2.05) is 6.92 Å². The molecule has 1 fully saturated rings. The highest BCUT2D eigenvalue weighted by Gasteiger charge is 2.30. The van der Waals surface area contributed by atoms with Crippen molar-refractivity contribution in [3.63, 3.8) is 0 Å². The van der Waals surface area contributed by atoms with Gasteiger partial charge in [-0.25, -0.2) is 13.2 Å². The number of halogens is 4. The quantitative estimate of drug-likeness (QED) is 0.269. The van der Waals surface area contributed by atoms with Gasteiger partial charge in [0.05, 0.1) is 25.1 Å². The van der Waals surface area contributed by atoms with Crippen LogP contribution in [0.1, 0.15) is 44.6 Å². The van der Waals surface area contributed by atoms with E-state index in [9.17, 15) is 13.9 Å². The zero-order valence-corrected chi connectivity index (χ0v) is 20.1. The van der Waals surface area contributed by atoms with E-state index < -0.39 is 29.4 Å². The Morgan fingerprint density at radius 1 is 0.889 bits per heavy atom. The summed E-state index contributed by atoms with van der Waals surface area (Å²) in [6, 6.07) is 11.9. The van der Waals surface area contributed by atoms with Gasteiger partial charge in [0.15, 0.2) is 23.2 Å². The molecule has 0 amide bonds. The molecule has 3 atom stereocenters. The van der Waals surface area contributed by atoms with Crippen LogP contribution < -0.4 is 4.74 Å². The van der Waals surface area contributed by atoms with Crippen LogP contribution in [0.25, 0.3) is 22.3 Å². The number of benzene rings is 3. The van der Waals surface area contributed by atoms with Crippen LogP contribution in [0.2, 0.25) is 0 Å². The lowest BCUT2D eigenvalue weighted by molar-refractivity contribution is -0.0701. The molecule has 7 heteroatoms. The minimum absolute atomic E-state index is 0.0256. The molecule has 0 aliphatic carbocycles. The first-order chi connectivity index (χ1) is 17.3. The van der Waals surface area contributed by atoms with Gasteiger partial charge in [0, 0.05) is 17.0 Å². The SMILES string of the molecule is C/C=C\Oc1ccc(-c2ccc(-c3ccc(C4CCC(C(O)CC)OC4)c(F)c3F)cc2)c(F)c1F. The molecule has 190 valence electrons. The molecule has 4 rings (SSSR count). The van der Waals surface area contributed by atoms with Gasteiger partial charge in [-0.05, 0) is 55.0 Å². The standard InChI is InChI=1S/C29H28F4O3/c1-3-15-35-25-14-12-21(28(32)29(25)33)18-7-5-17(6-8-18)20-10-11-22(27(31)26(20)30)19-9-13-24(36-16-19)23(34)4-2/h3,5-8,10-12,14-15,19,23-24,34H,4,9,13,16H2,1-2H3/b15-3-. The third kappa shape index (κ3) is 5.18. The second-order valence-electron chi connectivity index (χ2n) is 8.86. The Kier molecular flexibility index (Phi) is 8.11. The van der Waals surface area contributed by atoms with Gasteiger partial charge in [0.25, 0.3) is 0 Å². The maximum Gasteiger partial charge on any atom is 0.201 e. The van der Waals surface area contributed by atoms with Gasteiger partial charge in [-0.2, -0.15) is 4.39 Å². The smallest absolute Gasteiger partial charge is 0.201 e. The molecule has 3 aromatic carbocycles. The van der Waals surface area contributed by atoms with Crippen molar-refractivity contribution in [1.29, 1.82) is 0 Å². The molecule has 0 saturated carbocycles. The van der Waals surface area contributed by atoms with Crippen LogP contribution in [0.15, 0.2) is 60.9 Å². The van der Waals surface area contributed by atoms with Gasteiger partial charge in [0.2, 0.25) is 5.82 Å². The molecule has 36 heavy (non-hydrogen) atoms. The molecule has 3 nitrogen and oxygen atoms in total. The highest BCUT2D eigenvalue weighted by molar-refractivity contribution is 5.72. The Labute approximate surface area is 208 Å². The number of hydrogen-bond acceptors (Lipinski definition) is 3. The molecule has 0 aromatic heterocycles. The average molecular weight is 501 g/mol. The Balaban J connectivity index is 1.54. The summed E-state index contributed by atoms with van der Waals surface area (Å²) in [5.41, 5.74) is 1.13. The van der Waals surface area contributed by atoms with E-state index in [0.717, 1.165) is 0 Å². The summed E-state index contributed by atoms with van der Waals surface area (Å²) in [6.45, 7) is 3.77. The second-order valence-corrected chi connectivity index (χ2v) is 8.86. The normalized spacial score (nSPS) is 19.0. The fourth-order valence-electron chi connectivity index (χ4n) is 4.50. The lowest BCUT2D eigenvalue weighted by atomic mass is 9.88. The fraction of sp³-hybridized carbons (Fsp3) is 0.310. The summed E-state index contributed by atoms with van der Waals surface area (Å²) < 4.78 is 69.8. The minimum atomic E-state index is -1.11. The summed E-state index contributed by atoms with van der Waals surface area (Å²) in [6.07, 6.45) is 3.69. The first-order valence-corrected chi connectivity index (χ1v) is 12.0. The summed E-state index contributed by atoms with van der Waals surface area (Å²) in [5, 5.41) is 9.96. The van der Waals surface area contributed by atoms with Crippen LogP contribution in [-0.4, -0.2) is 23.9 Å². The van der Waals surface area contributed by atoms with Gasteiger partial charge in [-0.15, -0.1) is 0 Å². The maximum absolute atomic E-state index is 15.1. The zero-order valence-electron chi connectivity index (χ0n) is 20.1. The molecule has 3 unspecified atom stereocenters. The van der Waals surface area contributed by atoms with Crippen molar-refractivity contribution < 1.29 is 32.1 Å². The predicted molar refractivity (Wildman–Crippen MR) is 131 cm³/mol.